The van der Waals surface area contributed by atoms with Gasteiger partial charge in [-0.15, -0.1) is 13.2 Å². The number of ether oxygens (including phenoxy) is 2. The lowest BCUT2D eigenvalue weighted by Crippen LogP contribution is -2.45. The van der Waals surface area contributed by atoms with E-state index in [1.807, 2.05) is 11.9 Å². The quantitative estimate of drug-likeness (QED) is 0.274. The first-order valence-corrected chi connectivity index (χ1v) is 13.9. The number of nitrogens with zero attached hydrogens (tertiary/aromatic N) is 6. The molecule has 46 heavy (non-hydrogen) atoms. The number of aromatic nitrogens is 3. The first-order valence-electron chi connectivity index (χ1n) is 13.9. The van der Waals surface area contributed by atoms with E-state index in [1.54, 1.807) is 7.05 Å². The number of nitrogens with one attached hydrogen (secondary N) is 2. The first-order chi connectivity index (χ1) is 21.7. The number of esters is 1. The second-order valence-electron chi connectivity index (χ2n) is 10.4. The highest BCUT2D eigenvalue weighted by Crippen LogP contribution is 2.39. The molecule has 2 aliphatic heterocycles. The second-order valence-corrected chi connectivity index (χ2v) is 10.4. The lowest BCUT2D eigenvalue weighted by atomic mass is 10.0. The van der Waals surface area contributed by atoms with Crippen LogP contribution in [-0.4, -0.2) is 84.5 Å². The van der Waals surface area contributed by atoms with Crippen molar-refractivity contribution >= 4 is 29.7 Å². The molecular weight excluding hydrogens is 626 g/mol. The zero-order valence-corrected chi connectivity index (χ0v) is 24.4. The summed E-state index contributed by atoms with van der Waals surface area (Å²) in [5.41, 5.74) is 0.609. The Morgan fingerprint density at radius 1 is 0.957 bits per heavy atom. The van der Waals surface area contributed by atoms with E-state index in [0.29, 0.717) is 18.7 Å². The molecule has 1 atom stereocenters. The minimum absolute atomic E-state index is 0.0559. The fourth-order valence-corrected chi connectivity index (χ4v) is 4.92. The molecule has 0 saturated carbocycles. The zero-order chi connectivity index (χ0) is 33.2. The van der Waals surface area contributed by atoms with Crippen molar-refractivity contribution in [3.63, 3.8) is 0 Å². The standard InChI is InChI=1S/C28H28F6N8O4/c1-35-24-37-25(41-11-9-40(2)10-12-41)39-26(38-24)42-15-18-13-16(7-8-19(18)22(42)45-23(44)27(29,30)31)21(43)36-14-17-5-3-4-6-20(17)46-28(32,33)34/h3-8,13,22H,9-12,14-15H2,1-2H3,(H,36,43)(H,35,37,38,39). The molecule has 1 unspecified atom stereocenters. The van der Waals surface area contributed by atoms with Crippen LogP contribution in [0.25, 0.3) is 0 Å². The van der Waals surface area contributed by atoms with Crippen LogP contribution in [0.4, 0.5) is 44.2 Å². The van der Waals surface area contributed by atoms with Crippen molar-refractivity contribution in [2.75, 3.05) is 55.4 Å². The molecule has 1 fully saturated rings. The van der Waals surface area contributed by atoms with E-state index in [4.69, 9.17) is 4.74 Å². The molecule has 2 N–H and O–H groups in total. The van der Waals surface area contributed by atoms with Gasteiger partial charge in [0.1, 0.15) is 5.75 Å². The normalized spacial score (nSPS) is 17.0. The van der Waals surface area contributed by atoms with Crippen molar-refractivity contribution < 1.29 is 45.4 Å². The highest BCUT2D eigenvalue weighted by molar-refractivity contribution is 5.94. The molecule has 12 nitrogen and oxygen atoms in total. The Bertz CT molecular complexity index is 1600. The minimum atomic E-state index is -5.29. The maximum Gasteiger partial charge on any atom is 0.573 e. The number of hydrogen-bond acceptors (Lipinski definition) is 11. The van der Waals surface area contributed by atoms with Gasteiger partial charge < -0.3 is 29.9 Å². The molecule has 0 bridgehead atoms. The number of anilines is 3. The van der Waals surface area contributed by atoms with E-state index in [9.17, 15) is 35.9 Å². The Labute approximate surface area is 258 Å². The number of para-hydroxylation sites is 1. The molecule has 1 aromatic heterocycles. The number of likely N-dealkylation sites (N-methyl/N-ethyl adjacent to an activating group) is 1. The van der Waals surface area contributed by atoms with Crippen molar-refractivity contribution in [2.24, 2.45) is 0 Å². The molecule has 2 aromatic carbocycles. The number of rotatable bonds is 8. The third kappa shape index (κ3) is 7.49. The summed E-state index contributed by atoms with van der Waals surface area (Å²) in [6.07, 6.45) is -11.8. The van der Waals surface area contributed by atoms with E-state index in [0.717, 1.165) is 19.2 Å². The molecule has 3 aromatic rings. The van der Waals surface area contributed by atoms with Crippen LogP contribution in [0.1, 0.15) is 33.3 Å². The van der Waals surface area contributed by atoms with E-state index < -0.39 is 36.4 Å². The average molecular weight is 655 g/mol. The topological polar surface area (TPSA) is 125 Å². The van der Waals surface area contributed by atoms with Gasteiger partial charge in [0.2, 0.25) is 24.1 Å². The molecule has 3 heterocycles. The number of benzene rings is 2. The fourth-order valence-electron chi connectivity index (χ4n) is 4.92. The van der Waals surface area contributed by atoms with Gasteiger partial charge in [0.25, 0.3) is 5.91 Å². The maximum absolute atomic E-state index is 13.3. The van der Waals surface area contributed by atoms with E-state index >= 15 is 0 Å². The SMILES string of the molecule is CNc1nc(N2CCN(C)CC2)nc(N2Cc3cc(C(=O)NCc4ccccc4OC(F)(F)F)ccc3C2OC(=O)C(F)(F)F)n1. The van der Waals surface area contributed by atoms with Gasteiger partial charge in [-0.05, 0) is 30.8 Å². The minimum Gasteiger partial charge on any atom is -0.430 e. The Morgan fingerprint density at radius 3 is 2.33 bits per heavy atom. The molecule has 0 aliphatic carbocycles. The van der Waals surface area contributed by atoms with Crippen LogP contribution in [0.15, 0.2) is 42.5 Å². The van der Waals surface area contributed by atoms with Gasteiger partial charge in [0.15, 0.2) is 0 Å². The number of alkyl halides is 6. The van der Waals surface area contributed by atoms with E-state index in [2.05, 4.69) is 35.2 Å². The Hall–Kier alpha value is -4.87. The molecule has 1 amide bonds. The van der Waals surface area contributed by atoms with Crippen LogP contribution in [-0.2, 0) is 22.6 Å². The summed E-state index contributed by atoms with van der Waals surface area (Å²) in [7, 11) is 3.53. The Balaban J connectivity index is 1.42. The van der Waals surface area contributed by atoms with E-state index in [-0.39, 0.29) is 47.6 Å². The lowest BCUT2D eigenvalue weighted by molar-refractivity contribution is -0.274. The number of piperazine rings is 1. The molecule has 0 radical (unpaired) electrons. The zero-order valence-electron chi connectivity index (χ0n) is 24.4. The largest absolute Gasteiger partial charge is 0.573 e. The summed E-state index contributed by atoms with van der Waals surface area (Å²) >= 11 is 0. The van der Waals surface area contributed by atoms with Crippen LogP contribution in [0.3, 0.4) is 0 Å². The van der Waals surface area contributed by atoms with Gasteiger partial charge in [0, 0.05) is 56.5 Å². The van der Waals surface area contributed by atoms with Crippen molar-refractivity contribution in [1.82, 2.24) is 25.2 Å². The highest BCUT2D eigenvalue weighted by Gasteiger charge is 2.46. The molecule has 1 saturated heterocycles. The second kappa shape index (κ2) is 12.9. The van der Waals surface area contributed by atoms with E-state index in [1.165, 1.54) is 41.3 Å². The molecule has 246 valence electrons. The number of halogens is 6. The maximum atomic E-state index is 13.3. The number of carbonyl (C=O) groups excluding carboxylic acids is 2. The predicted molar refractivity (Wildman–Crippen MR) is 151 cm³/mol. The molecule has 2 aliphatic rings. The van der Waals surface area contributed by atoms with Gasteiger partial charge in [-0.2, -0.15) is 28.1 Å². The number of hydrogen-bond donors (Lipinski definition) is 2. The van der Waals surface area contributed by atoms with Crippen LogP contribution in [0.5, 0.6) is 5.75 Å². The summed E-state index contributed by atoms with van der Waals surface area (Å²) in [4.78, 5) is 43.5. The van der Waals surface area contributed by atoms with Crippen molar-refractivity contribution in [3.8, 4) is 5.75 Å². The first kappa shape index (κ1) is 32.5. The van der Waals surface area contributed by atoms with Crippen LogP contribution >= 0.6 is 0 Å². The van der Waals surface area contributed by atoms with Gasteiger partial charge in [0.05, 0.1) is 6.54 Å². The Kier molecular flexibility index (Phi) is 9.09. The summed E-state index contributed by atoms with van der Waals surface area (Å²) in [5, 5.41) is 5.33. The van der Waals surface area contributed by atoms with Gasteiger partial charge in [-0.25, -0.2) is 4.79 Å². The smallest absolute Gasteiger partial charge is 0.430 e. The molecular formula is C28H28F6N8O4. The number of amides is 1. The third-order valence-corrected chi connectivity index (χ3v) is 7.26. The van der Waals surface area contributed by atoms with Crippen LogP contribution in [0.2, 0.25) is 0 Å². The summed E-state index contributed by atoms with van der Waals surface area (Å²) in [5.74, 6) is -3.26. The van der Waals surface area contributed by atoms with Crippen molar-refractivity contribution in [1.29, 1.82) is 0 Å². The molecule has 5 rings (SSSR count). The third-order valence-electron chi connectivity index (χ3n) is 7.26. The Morgan fingerprint density at radius 2 is 1.65 bits per heavy atom. The highest BCUT2D eigenvalue weighted by atomic mass is 19.4. The molecule has 0 spiro atoms. The predicted octanol–water partition coefficient (Wildman–Crippen LogP) is 3.62. The number of fused-ring (bicyclic) bond motifs is 1. The summed E-state index contributed by atoms with van der Waals surface area (Å²) in [6.45, 7) is 2.16. The number of carbonyl (C=O) groups is 2. The monoisotopic (exact) mass is 654 g/mol. The van der Waals surface area contributed by atoms with Crippen LogP contribution < -0.4 is 25.2 Å². The fraction of sp³-hybridized carbons (Fsp3) is 0.393. The average Bonchev–Trinajstić information content (AvgIpc) is 3.36. The van der Waals surface area contributed by atoms with Crippen molar-refractivity contribution in [2.45, 2.75) is 31.9 Å². The van der Waals surface area contributed by atoms with Gasteiger partial charge >= 0.3 is 18.5 Å². The van der Waals surface area contributed by atoms with Gasteiger partial charge in [-0.1, -0.05) is 24.3 Å². The van der Waals surface area contributed by atoms with Crippen LogP contribution in [0, 0.1) is 0 Å². The van der Waals surface area contributed by atoms with Crippen molar-refractivity contribution in [3.05, 3.63) is 64.7 Å². The summed E-state index contributed by atoms with van der Waals surface area (Å²) < 4.78 is 87.2. The van der Waals surface area contributed by atoms with Gasteiger partial charge in [-0.3, -0.25) is 9.69 Å². The lowest BCUT2D eigenvalue weighted by Gasteiger charge is -2.33. The summed E-state index contributed by atoms with van der Waals surface area (Å²) in [6, 6.07) is 9.31. The molecule has 18 heteroatoms.